The van der Waals surface area contributed by atoms with E-state index in [4.69, 9.17) is 4.74 Å². The van der Waals surface area contributed by atoms with Crippen molar-refractivity contribution >= 4 is 6.09 Å². The fraction of sp³-hybridized carbons (Fsp3) is 0.933. The smallest absolute Gasteiger partial charge is 0.410 e. The number of rotatable bonds is 1. The van der Waals surface area contributed by atoms with Crippen LogP contribution in [0.2, 0.25) is 0 Å². The summed E-state index contributed by atoms with van der Waals surface area (Å²) in [6.45, 7) is 13.1. The van der Waals surface area contributed by atoms with Gasteiger partial charge in [-0.15, -0.1) is 0 Å². The lowest BCUT2D eigenvalue weighted by atomic mass is 9.79. The van der Waals surface area contributed by atoms with E-state index in [1.54, 1.807) is 0 Å². The number of hydrogen-bond acceptors (Lipinski definition) is 3. The van der Waals surface area contributed by atoms with Crippen molar-refractivity contribution in [3.63, 3.8) is 0 Å². The molecular formula is C15H28N2O2. The van der Waals surface area contributed by atoms with Gasteiger partial charge in [-0.2, -0.15) is 0 Å². The fourth-order valence-corrected chi connectivity index (χ4v) is 3.10. The lowest BCUT2D eigenvalue weighted by Crippen LogP contribution is -2.73. The molecule has 4 nitrogen and oxygen atoms in total. The highest BCUT2D eigenvalue weighted by molar-refractivity contribution is 5.69. The van der Waals surface area contributed by atoms with Crippen LogP contribution in [0.3, 0.4) is 0 Å². The molecule has 2 aliphatic rings. The standard InChI is InChI=1S/C15H28N2O2/c1-12(2)16-10-15(11-16)8-6-7-9-17(15)13(18)19-14(3,4)5/h12H,6-11H2,1-5H3. The van der Waals surface area contributed by atoms with E-state index in [0.717, 1.165) is 32.5 Å². The molecule has 1 spiro atoms. The van der Waals surface area contributed by atoms with E-state index in [9.17, 15) is 4.79 Å². The Bertz CT molecular complexity index is 341. The molecule has 0 atom stereocenters. The molecule has 0 aromatic carbocycles. The molecule has 0 radical (unpaired) electrons. The van der Waals surface area contributed by atoms with Crippen molar-refractivity contribution in [2.75, 3.05) is 19.6 Å². The van der Waals surface area contributed by atoms with Gasteiger partial charge in [-0.1, -0.05) is 0 Å². The number of carbonyl (C=O) groups is 1. The van der Waals surface area contributed by atoms with E-state index in [0.29, 0.717) is 6.04 Å². The quantitative estimate of drug-likeness (QED) is 0.733. The maximum Gasteiger partial charge on any atom is 0.410 e. The summed E-state index contributed by atoms with van der Waals surface area (Å²) in [4.78, 5) is 16.8. The number of ether oxygens (including phenoxy) is 1. The summed E-state index contributed by atoms with van der Waals surface area (Å²) in [5, 5.41) is 0. The van der Waals surface area contributed by atoms with E-state index in [-0.39, 0.29) is 11.6 Å². The van der Waals surface area contributed by atoms with E-state index in [2.05, 4.69) is 18.7 Å². The number of nitrogens with zero attached hydrogens (tertiary/aromatic N) is 2. The topological polar surface area (TPSA) is 32.8 Å². The van der Waals surface area contributed by atoms with Crippen LogP contribution in [-0.4, -0.2) is 52.7 Å². The SMILES string of the molecule is CC(C)N1CC2(CCCCN2C(=O)OC(C)(C)C)C1. The second-order valence-electron chi connectivity index (χ2n) is 7.31. The number of amides is 1. The fourth-order valence-electron chi connectivity index (χ4n) is 3.10. The van der Waals surface area contributed by atoms with Gasteiger partial charge in [-0.3, -0.25) is 9.80 Å². The van der Waals surface area contributed by atoms with Crippen molar-refractivity contribution in [3.05, 3.63) is 0 Å². The van der Waals surface area contributed by atoms with Gasteiger partial charge in [0, 0.05) is 25.7 Å². The van der Waals surface area contributed by atoms with Crippen LogP contribution in [0.5, 0.6) is 0 Å². The summed E-state index contributed by atoms with van der Waals surface area (Å²) in [6, 6.07) is 0.563. The molecule has 0 aromatic heterocycles. The van der Waals surface area contributed by atoms with Crippen LogP contribution < -0.4 is 0 Å². The molecule has 4 heteroatoms. The molecule has 0 N–H and O–H groups in total. The van der Waals surface area contributed by atoms with Crippen molar-refractivity contribution in [1.82, 2.24) is 9.80 Å². The van der Waals surface area contributed by atoms with E-state index in [1.165, 1.54) is 6.42 Å². The molecule has 2 saturated heterocycles. The molecule has 0 saturated carbocycles. The lowest BCUT2D eigenvalue weighted by molar-refractivity contribution is -0.0914. The Labute approximate surface area is 117 Å². The Kier molecular flexibility index (Phi) is 3.83. The van der Waals surface area contributed by atoms with Crippen LogP contribution in [0.1, 0.15) is 53.9 Å². The van der Waals surface area contributed by atoms with E-state index in [1.807, 2.05) is 25.7 Å². The normalized spacial score (nSPS) is 23.6. The summed E-state index contributed by atoms with van der Waals surface area (Å²) in [7, 11) is 0. The van der Waals surface area contributed by atoms with Crippen molar-refractivity contribution in [3.8, 4) is 0 Å². The number of hydrogen-bond donors (Lipinski definition) is 0. The van der Waals surface area contributed by atoms with Crippen LogP contribution >= 0.6 is 0 Å². The molecule has 2 rings (SSSR count). The van der Waals surface area contributed by atoms with Gasteiger partial charge < -0.3 is 4.74 Å². The van der Waals surface area contributed by atoms with Crippen LogP contribution in [0.15, 0.2) is 0 Å². The molecule has 2 aliphatic heterocycles. The lowest BCUT2D eigenvalue weighted by Gasteiger charge is -2.59. The highest BCUT2D eigenvalue weighted by Gasteiger charge is 2.51. The van der Waals surface area contributed by atoms with E-state index < -0.39 is 5.60 Å². The Morgan fingerprint density at radius 1 is 1.21 bits per heavy atom. The number of piperidine rings is 1. The third-order valence-electron chi connectivity index (χ3n) is 4.19. The Morgan fingerprint density at radius 3 is 2.37 bits per heavy atom. The third-order valence-corrected chi connectivity index (χ3v) is 4.19. The first-order valence-electron chi connectivity index (χ1n) is 7.48. The molecule has 2 fully saturated rings. The average Bonchev–Trinajstić information content (AvgIpc) is 2.22. The minimum absolute atomic E-state index is 0.0465. The Morgan fingerprint density at radius 2 is 1.84 bits per heavy atom. The molecular weight excluding hydrogens is 240 g/mol. The first-order valence-corrected chi connectivity index (χ1v) is 7.48. The maximum atomic E-state index is 12.4. The van der Waals surface area contributed by atoms with Crippen molar-refractivity contribution in [1.29, 1.82) is 0 Å². The van der Waals surface area contributed by atoms with E-state index >= 15 is 0 Å². The van der Waals surface area contributed by atoms with Crippen LogP contribution in [-0.2, 0) is 4.74 Å². The van der Waals surface area contributed by atoms with Gasteiger partial charge in [0.2, 0.25) is 0 Å². The number of likely N-dealkylation sites (tertiary alicyclic amines) is 2. The van der Waals surface area contributed by atoms with Crippen LogP contribution in [0.25, 0.3) is 0 Å². The zero-order chi connectivity index (χ0) is 14.3. The molecule has 1 amide bonds. The Balaban J connectivity index is 2.04. The first-order chi connectivity index (χ1) is 8.73. The van der Waals surface area contributed by atoms with Crippen molar-refractivity contribution < 1.29 is 9.53 Å². The predicted octanol–water partition coefficient (Wildman–Crippen LogP) is 2.87. The predicted molar refractivity (Wildman–Crippen MR) is 76.2 cm³/mol. The minimum atomic E-state index is -0.406. The van der Waals surface area contributed by atoms with Crippen LogP contribution in [0, 0.1) is 0 Å². The molecule has 0 aliphatic carbocycles. The summed E-state index contributed by atoms with van der Waals surface area (Å²) in [6.07, 6.45) is 3.32. The second kappa shape index (κ2) is 4.97. The zero-order valence-electron chi connectivity index (χ0n) is 13.0. The highest BCUT2D eigenvalue weighted by Crippen LogP contribution is 2.38. The average molecular weight is 268 g/mol. The molecule has 0 bridgehead atoms. The van der Waals surface area contributed by atoms with Crippen LogP contribution in [0.4, 0.5) is 4.79 Å². The number of carbonyl (C=O) groups excluding carboxylic acids is 1. The molecule has 19 heavy (non-hydrogen) atoms. The molecule has 110 valence electrons. The van der Waals surface area contributed by atoms with Crippen molar-refractivity contribution in [2.24, 2.45) is 0 Å². The monoisotopic (exact) mass is 268 g/mol. The summed E-state index contributed by atoms with van der Waals surface area (Å²) >= 11 is 0. The molecule has 0 aromatic rings. The van der Waals surface area contributed by atoms with Crippen molar-refractivity contribution in [2.45, 2.75) is 71.1 Å². The van der Waals surface area contributed by atoms with Gasteiger partial charge in [-0.25, -0.2) is 4.79 Å². The molecule has 2 heterocycles. The van der Waals surface area contributed by atoms with Gasteiger partial charge in [0.05, 0.1) is 5.54 Å². The second-order valence-corrected chi connectivity index (χ2v) is 7.31. The summed E-state index contributed by atoms with van der Waals surface area (Å²) in [5.74, 6) is 0. The van der Waals surface area contributed by atoms with Gasteiger partial charge in [-0.05, 0) is 53.9 Å². The Hall–Kier alpha value is -0.770. The van der Waals surface area contributed by atoms with Gasteiger partial charge in [0.1, 0.15) is 5.60 Å². The molecule has 0 unspecified atom stereocenters. The van der Waals surface area contributed by atoms with Gasteiger partial charge in [0.15, 0.2) is 0 Å². The summed E-state index contributed by atoms with van der Waals surface area (Å²) < 4.78 is 5.57. The largest absolute Gasteiger partial charge is 0.444 e. The minimum Gasteiger partial charge on any atom is -0.444 e. The van der Waals surface area contributed by atoms with Gasteiger partial charge >= 0.3 is 6.09 Å². The highest BCUT2D eigenvalue weighted by atomic mass is 16.6. The third kappa shape index (κ3) is 3.04. The maximum absolute atomic E-state index is 12.4. The summed E-state index contributed by atoms with van der Waals surface area (Å²) in [5.41, 5.74) is -0.359. The van der Waals surface area contributed by atoms with Gasteiger partial charge in [0.25, 0.3) is 0 Å². The zero-order valence-corrected chi connectivity index (χ0v) is 13.0. The first kappa shape index (κ1) is 14.6.